The van der Waals surface area contributed by atoms with Gasteiger partial charge in [0.15, 0.2) is 0 Å². The van der Waals surface area contributed by atoms with Crippen molar-refractivity contribution >= 4 is 0 Å². The van der Waals surface area contributed by atoms with E-state index in [0.29, 0.717) is 6.04 Å². The fourth-order valence-corrected chi connectivity index (χ4v) is 2.53. The third-order valence-corrected chi connectivity index (χ3v) is 3.77. The molecule has 1 aromatic rings. The van der Waals surface area contributed by atoms with Crippen molar-refractivity contribution in [3.8, 4) is 0 Å². The molecule has 0 radical (unpaired) electrons. The summed E-state index contributed by atoms with van der Waals surface area (Å²) in [6, 6.07) is 9.34. The molecule has 19 heavy (non-hydrogen) atoms. The first-order valence-corrected chi connectivity index (χ1v) is 7.66. The van der Waals surface area contributed by atoms with Gasteiger partial charge < -0.3 is 5.43 Å². The van der Waals surface area contributed by atoms with Gasteiger partial charge in [-0.25, -0.2) is 5.43 Å². The van der Waals surface area contributed by atoms with Crippen LogP contribution in [0.1, 0.15) is 62.6 Å². The molecule has 1 heterocycles. The van der Waals surface area contributed by atoms with Gasteiger partial charge in [0.25, 0.3) is 0 Å². The molecule has 1 unspecified atom stereocenters. The summed E-state index contributed by atoms with van der Waals surface area (Å²) in [5.41, 5.74) is 9.01. The molecule has 1 atom stereocenters. The van der Waals surface area contributed by atoms with Gasteiger partial charge in [-0.3, -0.25) is 0 Å². The van der Waals surface area contributed by atoms with Gasteiger partial charge in [-0.2, -0.15) is 0 Å². The summed E-state index contributed by atoms with van der Waals surface area (Å²) in [5, 5.41) is 0. The van der Waals surface area contributed by atoms with Crippen LogP contribution in [0.25, 0.3) is 0 Å². The van der Waals surface area contributed by atoms with Gasteiger partial charge in [0, 0.05) is 6.20 Å². The zero-order chi connectivity index (χ0) is 13.3. The Bertz CT molecular complexity index is 381. The summed E-state index contributed by atoms with van der Waals surface area (Å²) in [6.07, 6.45) is 13.5. The molecule has 1 aliphatic rings. The van der Waals surface area contributed by atoms with Gasteiger partial charge >= 0.3 is 0 Å². The molecule has 0 aliphatic carbocycles. The van der Waals surface area contributed by atoms with Crippen molar-refractivity contribution in [3.63, 3.8) is 0 Å². The van der Waals surface area contributed by atoms with Crippen LogP contribution in [0.3, 0.4) is 0 Å². The van der Waals surface area contributed by atoms with Crippen molar-refractivity contribution in [1.29, 1.82) is 0 Å². The van der Waals surface area contributed by atoms with Crippen LogP contribution in [-0.4, -0.2) is 0 Å². The molecule has 0 saturated heterocycles. The van der Waals surface area contributed by atoms with Crippen molar-refractivity contribution < 1.29 is 0 Å². The lowest BCUT2D eigenvalue weighted by Gasteiger charge is -2.10. The van der Waals surface area contributed by atoms with E-state index >= 15 is 0 Å². The topological polar surface area (TPSA) is 24.1 Å². The quantitative estimate of drug-likeness (QED) is 0.681. The number of hydrazine groups is 1. The SMILES string of the molecule is CCCCCCCCc1ccc(C2C=CNN2)cc1. The summed E-state index contributed by atoms with van der Waals surface area (Å²) >= 11 is 0. The van der Waals surface area contributed by atoms with E-state index in [4.69, 9.17) is 0 Å². The minimum absolute atomic E-state index is 0.322. The maximum absolute atomic E-state index is 3.20. The number of nitrogens with one attached hydrogen (secondary N) is 2. The normalized spacial score (nSPS) is 17.6. The number of hydrogen-bond donors (Lipinski definition) is 2. The lowest BCUT2D eigenvalue weighted by Crippen LogP contribution is -2.24. The Morgan fingerprint density at radius 3 is 2.37 bits per heavy atom. The second-order valence-electron chi connectivity index (χ2n) is 5.38. The van der Waals surface area contributed by atoms with E-state index in [1.807, 2.05) is 6.20 Å². The smallest absolute Gasteiger partial charge is 0.0707 e. The van der Waals surface area contributed by atoms with E-state index in [1.165, 1.54) is 56.1 Å². The second-order valence-corrected chi connectivity index (χ2v) is 5.38. The minimum atomic E-state index is 0.322. The lowest BCUT2D eigenvalue weighted by molar-refractivity contribution is 0.605. The van der Waals surface area contributed by atoms with Crippen molar-refractivity contribution in [3.05, 3.63) is 47.7 Å². The van der Waals surface area contributed by atoms with Gasteiger partial charge in [-0.15, -0.1) is 0 Å². The van der Waals surface area contributed by atoms with Crippen LogP contribution in [-0.2, 0) is 6.42 Å². The average molecular weight is 258 g/mol. The van der Waals surface area contributed by atoms with Crippen molar-refractivity contribution in [2.75, 3.05) is 0 Å². The molecule has 2 heteroatoms. The van der Waals surface area contributed by atoms with Crippen molar-refractivity contribution in [2.24, 2.45) is 0 Å². The zero-order valence-electron chi connectivity index (χ0n) is 12.0. The lowest BCUT2D eigenvalue weighted by atomic mass is 10.0. The van der Waals surface area contributed by atoms with Gasteiger partial charge in [0.1, 0.15) is 0 Å². The van der Waals surface area contributed by atoms with E-state index in [1.54, 1.807) is 0 Å². The Hall–Kier alpha value is -1.28. The largest absolute Gasteiger partial charge is 0.328 e. The Kier molecular flexibility index (Phi) is 5.96. The predicted molar refractivity (Wildman–Crippen MR) is 81.7 cm³/mol. The maximum atomic E-state index is 3.20. The van der Waals surface area contributed by atoms with Crippen LogP contribution in [0.15, 0.2) is 36.5 Å². The van der Waals surface area contributed by atoms with Crippen LogP contribution >= 0.6 is 0 Å². The molecule has 104 valence electrons. The maximum Gasteiger partial charge on any atom is 0.0707 e. The highest BCUT2D eigenvalue weighted by Gasteiger charge is 2.09. The third-order valence-electron chi connectivity index (χ3n) is 3.77. The number of aryl methyl sites for hydroxylation is 1. The van der Waals surface area contributed by atoms with Crippen LogP contribution in [0.5, 0.6) is 0 Å². The first-order valence-electron chi connectivity index (χ1n) is 7.66. The Morgan fingerprint density at radius 2 is 1.68 bits per heavy atom. The highest BCUT2D eigenvalue weighted by molar-refractivity contribution is 5.28. The average Bonchev–Trinajstić information content (AvgIpc) is 2.97. The first kappa shape index (κ1) is 14.1. The summed E-state index contributed by atoms with van der Waals surface area (Å²) < 4.78 is 0. The molecule has 1 aliphatic heterocycles. The van der Waals surface area contributed by atoms with Crippen molar-refractivity contribution in [2.45, 2.75) is 57.9 Å². The summed E-state index contributed by atoms with van der Waals surface area (Å²) in [6.45, 7) is 2.27. The van der Waals surface area contributed by atoms with E-state index in [-0.39, 0.29) is 0 Å². The Morgan fingerprint density at radius 1 is 0.947 bits per heavy atom. The van der Waals surface area contributed by atoms with E-state index in [0.717, 1.165) is 0 Å². The summed E-state index contributed by atoms with van der Waals surface area (Å²) in [4.78, 5) is 0. The zero-order valence-corrected chi connectivity index (χ0v) is 12.0. The van der Waals surface area contributed by atoms with Gasteiger partial charge in [-0.1, -0.05) is 63.3 Å². The molecular formula is C17H26N2. The summed E-state index contributed by atoms with van der Waals surface area (Å²) in [5.74, 6) is 0. The second kappa shape index (κ2) is 8.00. The molecule has 0 fully saturated rings. The molecule has 2 rings (SSSR count). The predicted octanol–water partition coefficient (Wildman–Crippen LogP) is 4.25. The number of rotatable bonds is 8. The van der Waals surface area contributed by atoms with Crippen LogP contribution in [0.2, 0.25) is 0 Å². The van der Waals surface area contributed by atoms with Gasteiger partial charge in [0.05, 0.1) is 6.04 Å². The molecule has 0 spiro atoms. The molecule has 0 saturated carbocycles. The van der Waals surface area contributed by atoms with Gasteiger partial charge in [-0.05, 0) is 30.0 Å². The fourth-order valence-electron chi connectivity index (χ4n) is 2.53. The number of benzene rings is 1. The molecule has 2 nitrogen and oxygen atoms in total. The van der Waals surface area contributed by atoms with Crippen molar-refractivity contribution in [1.82, 2.24) is 10.9 Å². The monoisotopic (exact) mass is 258 g/mol. The standard InChI is InChI=1S/C17H26N2/c1-2-3-4-5-6-7-8-15-9-11-16(12-10-15)17-13-14-18-19-17/h9-14,17-19H,2-8H2,1H3. The molecule has 1 aromatic carbocycles. The van der Waals surface area contributed by atoms with E-state index in [9.17, 15) is 0 Å². The first-order chi connectivity index (χ1) is 9.40. The summed E-state index contributed by atoms with van der Waals surface area (Å²) in [7, 11) is 0. The van der Waals surface area contributed by atoms with E-state index < -0.39 is 0 Å². The minimum Gasteiger partial charge on any atom is -0.328 e. The third kappa shape index (κ3) is 4.71. The number of unbranched alkanes of at least 4 members (excludes halogenated alkanes) is 5. The van der Waals surface area contributed by atoms with Gasteiger partial charge in [0.2, 0.25) is 0 Å². The molecule has 0 amide bonds. The molecule has 0 aromatic heterocycles. The molecule has 0 bridgehead atoms. The molecule has 2 N–H and O–H groups in total. The Balaban J connectivity index is 1.68. The highest BCUT2D eigenvalue weighted by atomic mass is 15.4. The fraction of sp³-hybridized carbons (Fsp3) is 0.529. The van der Waals surface area contributed by atoms with E-state index in [2.05, 4.69) is 48.1 Å². The molecular weight excluding hydrogens is 232 g/mol. The Labute approximate surface area is 117 Å². The van der Waals surface area contributed by atoms with Crippen LogP contribution in [0.4, 0.5) is 0 Å². The number of hydrogen-bond acceptors (Lipinski definition) is 2. The highest BCUT2D eigenvalue weighted by Crippen LogP contribution is 2.18. The van der Waals surface area contributed by atoms with Crippen LogP contribution < -0.4 is 10.9 Å². The van der Waals surface area contributed by atoms with Crippen LogP contribution in [0, 0.1) is 0 Å².